The van der Waals surface area contributed by atoms with E-state index in [9.17, 15) is 0 Å². The van der Waals surface area contributed by atoms with Crippen molar-refractivity contribution >= 4 is 0 Å². The highest BCUT2D eigenvalue weighted by atomic mass is 16.5. The number of hydrogen-bond acceptors (Lipinski definition) is 4. The Morgan fingerprint density at radius 3 is 2.90 bits per heavy atom. The van der Waals surface area contributed by atoms with Gasteiger partial charge in [0.15, 0.2) is 6.33 Å². The zero-order chi connectivity index (χ0) is 7.40. The lowest BCUT2D eigenvalue weighted by atomic mass is 10.4. The van der Waals surface area contributed by atoms with Crippen LogP contribution >= 0.6 is 0 Å². The third-order valence-electron chi connectivity index (χ3n) is 1.18. The Balaban J connectivity index is 2.28. The molecule has 56 valence electrons. The summed E-state index contributed by atoms with van der Waals surface area (Å²) in [5, 5.41) is 3.50. The van der Waals surface area contributed by atoms with Crippen LogP contribution in [0.1, 0.15) is 5.89 Å². The van der Waals surface area contributed by atoms with Crippen molar-refractivity contribution in [3.8, 4) is 0 Å². The summed E-state index contributed by atoms with van der Waals surface area (Å²) in [6.45, 7) is 0.947. The van der Waals surface area contributed by atoms with Gasteiger partial charge >= 0.3 is 0 Å². The molecule has 0 unspecified atom stereocenters. The van der Waals surface area contributed by atoms with Gasteiger partial charge in [0.1, 0.15) is 0 Å². The highest BCUT2D eigenvalue weighted by Gasteiger charge is 1.98. The first-order chi connectivity index (χ1) is 4.79. The van der Waals surface area contributed by atoms with E-state index in [1.165, 1.54) is 6.33 Å². The van der Waals surface area contributed by atoms with Crippen molar-refractivity contribution in [3.05, 3.63) is 12.2 Å². The minimum absolute atomic E-state index is 0.703. The van der Waals surface area contributed by atoms with Crippen LogP contribution in [-0.4, -0.2) is 35.7 Å². The average Bonchev–Trinajstić information content (AvgIpc) is 2.34. The SMILES string of the molecule is CN(C)CCc1ncno1. The molecule has 1 heterocycles. The van der Waals surface area contributed by atoms with Gasteiger partial charge in [-0.15, -0.1) is 0 Å². The van der Waals surface area contributed by atoms with Crippen molar-refractivity contribution in [2.24, 2.45) is 0 Å². The molecule has 1 aromatic heterocycles. The first-order valence-corrected chi connectivity index (χ1v) is 3.19. The summed E-state index contributed by atoms with van der Waals surface area (Å²) in [5.41, 5.74) is 0. The van der Waals surface area contributed by atoms with E-state index < -0.39 is 0 Å². The van der Waals surface area contributed by atoms with Gasteiger partial charge in [-0.2, -0.15) is 4.98 Å². The van der Waals surface area contributed by atoms with Crippen LogP contribution in [0.2, 0.25) is 0 Å². The zero-order valence-electron chi connectivity index (χ0n) is 6.24. The second kappa shape index (κ2) is 3.31. The Kier molecular flexibility index (Phi) is 2.39. The van der Waals surface area contributed by atoms with E-state index in [-0.39, 0.29) is 0 Å². The summed E-state index contributed by atoms with van der Waals surface area (Å²) in [6, 6.07) is 0. The fourth-order valence-corrected chi connectivity index (χ4v) is 0.625. The standard InChI is InChI=1S/C6H11N3O/c1-9(2)4-3-6-7-5-8-10-6/h5H,3-4H2,1-2H3. The predicted molar refractivity (Wildman–Crippen MR) is 36.6 cm³/mol. The lowest BCUT2D eigenvalue weighted by Crippen LogP contribution is -2.15. The molecule has 0 aliphatic heterocycles. The van der Waals surface area contributed by atoms with Crippen molar-refractivity contribution in [2.45, 2.75) is 6.42 Å². The van der Waals surface area contributed by atoms with Gasteiger partial charge in [-0.05, 0) is 14.1 Å². The molecule has 1 aromatic rings. The molecular weight excluding hydrogens is 130 g/mol. The molecule has 0 N–H and O–H groups in total. The Bertz CT molecular complexity index is 171. The molecule has 0 bridgehead atoms. The van der Waals surface area contributed by atoms with Crippen LogP contribution in [0.4, 0.5) is 0 Å². The van der Waals surface area contributed by atoms with Crippen LogP contribution in [-0.2, 0) is 6.42 Å². The molecule has 0 radical (unpaired) electrons. The summed E-state index contributed by atoms with van der Waals surface area (Å²) in [5.74, 6) is 0.703. The monoisotopic (exact) mass is 141 g/mol. The van der Waals surface area contributed by atoms with E-state index in [1.807, 2.05) is 14.1 Å². The number of aromatic nitrogens is 2. The van der Waals surface area contributed by atoms with E-state index in [0.29, 0.717) is 5.89 Å². The molecular formula is C6H11N3O. The fraction of sp³-hybridized carbons (Fsp3) is 0.667. The molecule has 0 spiro atoms. The van der Waals surface area contributed by atoms with Gasteiger partial charge in [0.2, 0.25) is 5.89 Å². The van der Waals surface area contributed by atoms with Crippen LogP contribution in [0, 0.1) is 0 Å². The van der Waals surface area contributed by atoms with Gasteiger partial charge in [0.25, 0.3) is 0 Å². The lowest BCUT2D eigenvalue weighted by molar-refractivity contribution is 0.344. The first-order valence-electron chi connectivity index (χ1n) is 3.19. The largest absolute Gasteiger partial charge is 0.340 e. The highest BCUT2D eigenvalue weighted by Crippen LogP contribution is 1.92. The zero-order valence-corrected chi connectivity index (χ0v) is 6.24. The number of likely N-dealkylation sites (N-methyl/N-ethyl adjacent to an activating group) is 1. The van der Waals surface area contributed by atoms with Crippen LogP contribution in [0.15, 0.2) is 10.9 Å². The normalized spacial score (nSPS) is 10.7. The Morgan fingerprint density at radius 1 is 1.60 bits per heavy atom. The van der Waals surface area contributed by atoms with Gasteiger partial charge in [-0.3, -0.25) is 0 Å². The van der Waals surface area contributed by atoms with Gasteiger partial charge in [-0.25, -0.2) is 0 Å². The Labute approximate surface area is 59.8 Å². The topological polar surface area (TPSA) is 42.2 Å². The Hall–Kier alpha value is -0.900. The molecule has 10 heavy (non-hydrogen) atoms. The van der Waals surface area contributed by atoms with Gasteiger partial charge in [0.05, 0.1) is 0 Å². The Morgan fingerprint density at radius 2 is 2.40 bits per heavy atom. The average molecular weight is 141 g/mol. The van der Waals surface area contributed by atoms with Crippen LogP contribution in [0.5, 0.6) is 0 Å². The molecule has 0 aliphatic rings. The van der Waals surface area contributed by atoms with Crippen molar-refractivity contribution in [1.82, 2.24) is 15.0 Å². The molecule has 0 atom stereocenters. The van der Waals surface area contributed by atoms with Gasteiger partial charge in [0, 0.05) is 13.0 Å². The predicted octanol–water partition coefficient (Wildman–Crippen LogP) is 0.174. The van der Waals surface area contributed by atoms with Gasteiger partial charge in [-0.1, -0.05) is 5.16 Å². The molecule has 1 rings (SSSR count). The first kappa shape index (κ1) is 7.21. The van der Waals surface area contributed by atoms with E-state index in [4.69, 9.17) is 4.52 Å². The minimum Gasteiger partial charge on any atom is -0.340 e. The fourth-order valence-electron chi connectivity index (χ4n) is 0.625. The summed E-state index contributed by atoms with van der Waals surface area (Å²) < 4.78 is 4.80. The summed E-state index contributed by atoms with van der Waals surface area (Å²) in [4.78, 5) is 5.96. The van der Waals surface area contributed by atoms with E-state index in [2.05, 4.69) is 15.0 Å². The number of nitrogens with zero attached hydrogens (tertiary/aromatic N) is 3. The summed E-state index contributed by atoms with van der Waals surface area (Å²) in [7, 11) is 4.02. The second-order valence-corrected chi connectivity index (χ2v) is 2.39. The minimum atomic E-state index is 0.703. The van der Waals surface area contributed by atoms with Crippen molar-refractivity contribution < 1.29 is 4.52 Å². The smallest absolute Gasteiger partial charge is 0.227 e. The van der Waals surface area contributed by atoms with Crippen molar-refractivity contribution in [2.75, 3.05) is 20.6 Å². The maximum Gasteiger partial charge on any atom is 0.227 e. The third kappa shape index (κ3) is 2.14. The van der Waals surface area contributed by atoms with Gasteiger partial charge < -0.3 is 9.42 Å². The van der Waals surface area contributed by atoms with E-state index in [0.717, 1.165) is 13.0 Å². The maximum absolute atomic E-state index is 4.80. The van der Waals surface area contributed by atoms with E-state index in [1.54, 1.807) is 0 Å². The molecule has 0 aromatic carbocycles. The number of hydrogen-bond donors (Lipinski definition) is 0. The van der Waals surface area contributed by atoms with Crippen LogP contribution in [0.25, 0.3) is 0 Å². The van der Waals surface area contributed by atoms with Crippen molar-refractivity contribution in [1.29, 1.82) is 0 Å². The summed E-state index contributed by atoms with van der Waals surface area (Å²) >= 11 is 0. The second-order valence-electron chi connectivity index (χ2n) is 2.39. The molecule has 0 saturated heterocycles. The molecule has 4 nitrogen and oxygen atoms in total. The molecule has 0 amide bonds. The lowest BCUT2D eigenvalue weighted by Gasteiger charge is -2.05. The van der Waals surface area contributed by atoms with E-state index >= 15 is 0 Å². The molecule has 0 saturated carbocycles. The summed E-state index contributed by atoms with van der Waals surface area (Å²) in [6.07, 6.45) is 2.25. The quantitative estimate of drug-likeness (QED) is 0.602. The highest BCUT2D eigenvalue weighted by molar-refractivity contribution is 4.74. The third-order valence-corrected chi connectivity index (χ3v) is 1.18. The number of rotatable bonds is 3. The maximum atomic E-state index is 4.80. The molecule has 0 aliphatic carbocycles. The van der Waals surface area contributed by atoms with Crippen molar-refractivity contribution in [3.63, 3.8) is 0 Å². The molecule has 0 fully saturated rings. The molecule has 4 heteroatoms. The van der Waals surface area contributed by atoms with Crippen LogP contribution < -0.4 is 0 Å². The van der Waals surface area contributed by atoms with Crippen LogP contribution in [0.3, 0.4) is 0 Å².